The van der Waals surface area contributed by atoms with Gasteiger partial charge < -0.3 is 5.73 Å². The van der Waals surface area contributed by atoms with Crippen LogP contribution in [0.3, 0.4) is 0 Å². The van der Waals surface area contributed by atoms with Crippen LogP contribution in [0.1, 0.15) is 25.3 Å². The summed E-state index contributed by atoms with van der Waals surface area (Å²) in [5.74, 6) is -1.58. The quantitative estimate of drug-likeness (QED) is 0.792. The average Bonchev–Trinajstić information content (AvgIpc) is 2.19. The van der Waals surface area contributed by atoms with Crippen LogP contribution in [-0.2, 0) is 6.42 Å². The average molecular weight is 199 g/mol. The Bertz CT molecular complexity index is 299. The summed E-state index contributed by atoms with van der Waals surface area (Å²) in [6.45, 7) is 2.01. The molecule has 0 amide bonds. The van der Waals surface area contributed by atoms with Crippen molar-refractivity contribution >= 4 is 0 Å². The number of hydrogen-bond acceptors (Lipinski definition) is 1. The van der Waals surface area contributed by atoms with Gasteiger partial charge in [-0.3, -0.25) is 0 Å². The second-order valence-electron chi connectivity index (χ2n) is 3.46. The Balaban J connectivity index is 2.55. The van der Waals surface area contributed by atoms with Gasteiger partial charge in [-0.1, -0.05) is 13.0 Å². The molecular formula is C11H15F2N. The van der Waals surface area contributed by atoms with Gasteiger partial charge in [0, 0.05) is 6.04 Å². The van der Waals surface area contributed by atoms with Crippen molar-refractivity contribution in [2.45, 2.75) is 32.2 Å². The molecule has 1 rings (SSSR count). The Morgan fingerprint density at radius 2 is 2.00 bits per heavy atom. The zero-order valence-electron chi connectivity index (χ0n) is 8.26. The maximum absolute atomic E-state index is 12.8. The van der Waals surface area contributed by atoms with Crippen LogP contribution in [0.5, 0.6) is 0 Å². The zero-order valence-corrected chi connectivity index (χ0v) is 8.26. The van der Waals surface area contributed by atoms with Gasteiger partial charge in [0.15, 0.2) is 11.6 Å². The molecule has 0 bridgehead atoms. The summed E-state index contributed by atoms with van der Waals surface area (Å²) < 4.78 is 25.3. The van der Waals surface area contributed by atoms with Gasteiger partial charge >= 0.3 is 0 Å². The monoisotopic (exact) mass is 199 g/mol. The minimum atomic E-state index is -0.798. The lowest BCUT2D eigenvalue weighted by molar-refractivity contribution is 0.505. The first-order valence-corrected chi connectivity index (χ1v) is 4.83. The molecular weight excluding hydrogens is 184 g/mol. The van der Waals surface area contributed by atoms with Crippen molar-refractivity contribution in [2.24, 2.45) is 5.73 Å². The SMILES string of the molecule is CCC(N)CCc1ccc(F)c(F)c1. The molecule has 0 heterocycles. The van der Waals surface area contributed by atoms with Gasteiger partial charge in [0.1, 0.15) is 0 Å². The fourth-order valence-corrected chi connectivity index (χ4v) is 1.25. The van der Waals surface area contributed by atoms with Crippen LogP contribution in [0.4, 0.5) is 8.78 Å². The molecule has 3 heteroatoms. The first-order valence-electron chi connectivity index (χ1n) is 4.83. The molecule has 0 aliphatic carbocycles. The highest BCUT2D eigenvalue weighted by molar-refractivity contribution is 5.17. The number of nitrogens with two attached hydrogens (primary N) is 1. The predicted molar refractivity (Wildman–Crippen MR) is 52.9 cm³/mol. The molecule has 1 aromatic carbocycles. The molecule has 2 N–H and O–H groups in total. The van der Waals surface area contributed by atoms with Crippen molar-refractivity contribution in [1.82, 2.24) is 0 Å². The molecule has 0 saturated carbocycles. The van der Waals surface area contributed by atoms with Crippen molar-refractivity contribution in [1.29, 1.82) is 0 Å². The lowest BCUT2D eigenvalue weighted by Gasteiger charge is -2.08. The minimum Gasteiger partial charge on any atom is -0.328 e. The summed E-state index contributed by atoms with van der Waals surface area (Å²) in [4.78, 5) is 0. The van der Waals surface area contributed by atoms with Crippen LogP contribution in [0.2, 0.25) is 0 Å². The largest absolute Gasteiger partial charge is 0.328 e. The molecule has 1 atom stereocenters. The summed E-state index contributed by atoms with van der Waals surface area (Å²) in [5, 5.41) is 0. The van der Waals surface area contributed by atoms with E-state index in [1.807, 2.05) is 6.92 Å². The van der Waals surface area contributed by atoms with Gasteiger partial charge in [-0.15, -0.1) is 0 Å². The van der Waals surface area contributed by atoms with Crippen molar-refractivity contribution in [3.05, 3.63) is 35.4 Å². The van der Waals surface area contributed by atoms with Crippen LogP contribution >= 0.6 is 0 Å². The van der Waals surface area contributed by atoms with E-state index < -0.39 is 11.6 Å². The lowest BCUT2D eigenvalue weighted by Crippen LogP contribution is -2.19. The first kappa shape index (κ1) is 11.1. The van der Waals surface area contributed by atoms with Crippen molar-refractivity contribution in [3.63, 3.8) is 0 Å². The molecule has 78 valence electrons. The molecule has 0 spiro atoms. The van der Waals surface area contributed by atoms with Gasteiger partial charge in [-0.25, -0.2) is 8.78 Å². The molecule has 0 saturated heterocycles. The van der Waals surface area contributed by atoms with Crippen molar-refractivity contribution in [2.75, 3.05) is 0 Å². The molecule has 0 aromatic heterocycles. The van der Waals surface area contributed by atoms with E-state index in [9.17, 15) is 8.78 Å². The maximum Gasteiger partial charge on any atom is 0.159 e. The smallest absolute Gasteiger partial charge is 0.159 e. The third kappa shape index (κ3) is 3.07. The van der Waals surface area contributed by atoms with Crippen LogP contribution in [-0.4, -0.2) is 6.04 Å². The van der Waals surface area contributed by atoms with Crippen LogP contribution in [0.25, 0.3) is 0 Å². The fourth-order valence-electron chi connectivity index (χ4n) is 1.25. The molecule has 0 aliphatic heterocycles. The maximum atomic E-state index is 12.8. The molecule has 0 aliphatic rings. The van der Waals surface area contributed by atoms with E-state index in [1.54, 1.807) is 6.07 Å². The second kappa shape index (κ2) is 5.05. The highest BCUT2D eigenvalue weighted by Crippen LogP contribution is 2.11. The molecule has 1 unspecified atom stereocenters. The number of halogens is 2. The van der Waals surface area contributed by atoms with Crippen LogP contribution < -0.4 is 5.73 Å². The normalized spacial score (nSPS) is 12.9. The molecule has 0 fully saturated rings. The van der Waals surface area contributed by atoms with Gasteiger partial charge in [0.25, 0.3) is 0 Å². The number of rotatable bonds is 4. The van der Waals surface area contributed by atoms with Gasteiger partial charge in [0.2, 0.25) is 0 Å². The Morgan fingerprint density at radius 1 is 1.29 bits per heavy atom. The summed E-state index contributed by atoms with van der Waals surface area (Å²) >= 11 is 0. The topological polar surface area (TPSA) is 26.0 Å². The Kier molecular flexibility index (Phi) is 4.01. The summed E-state index contributed by atoms with van der Waals surface area (Å²) in [6.07, 6.45) is 2.41. The molecule has 0 radical (unpaired) electrons. The van der Waals surface area contributed by atoms with E-state index in [4.69, 9.17) is 5.73 Å². The lowest BCUT2D eigenvalue weighted by atomic mass is 10.0. The molecule has 1 aromatic rings. The van der Waals surface area contributed by atoms with E-state index in [-0.39, 0.29) is 6.04 Å². The number of aryl methyl sites for hydroxylation is 1. The van der Waals surface area contributed by atoms with E-state index >= 15 is 0 Å². The van der Waals surface area contributed by atoms with Crippen LogP contribution in [0.15, 0.2) is 18.2 Å². The van der Waals surface area contributed by atoms with E-state index in [0.29, 0.717) is 6.42 Å². The van der Waals surface area contributed by atoms with E-state index in [2.05, 4.69) is 0 Å². The summed E-state index contributed by atoms with van der Waals surface area (Å²) in [6, 6.07) is 4.13. The van der Waals surface area contributed by atoms with Gasteiger partial charge in [0.05, 0.1) is 0 Å². The Hall–Kier alpha value is -0.960. The standard InChI is InChI=1S/C11H15F2N/c1-2-9(14)5-3-8-4-6-10(12)11(13)7-8/h4,6-7,9H,2-3,5,14H2,1H3. The molecule has 1 nitrogen and oxygen atoms in total. The fraction of sp³-hybridized carbons (Fsp3) is 0.455. The third-order valence-electron chi connectivity index (χ3n) is 2.31. The summed E-state index contributed by atoms with van der Waals surface area (Å²) in [7, 11) is 0. The minimum absolute atomic E-state index is 0.142. The van der Waals surface area contributed by atoms with E-state index in [0.717, 1.165) is 24.5 Å². The van der Waals surface area contributed by atoms with Crippen LogP contribution in [0, 0.1) is 11.6 Å². The highest BCUT2D eigenvalue weighted by atomic mass is 19.2. The first-order chi connectivity index (χ1) is 6.63. The van der Waals surface area contributed by atoms with Gasteiger partial charge in [-0.2, -0.15) is 0 Å². The van der Waals surface area contributed by atoms with E-state index in [1.165, 1.54) is 6.07 Å². The Morgan fingerprint density at radius 3 is 2.57 bits per heavy atom. The zero-order chi connectivity index (χ0) is 10.6. The predicted octanol–water partition coefficient (Wildman–Crippen LogP) is 2.63. The highest BCUT2D eigenvalue weighted by Gasteiger charge is 2.04. The Labute approximate surface area is 82.9 Å². The van der Waals surface area contributed by atoms with Gasteiger partial charge in [-0.05, 0) is 37.0 Å². The van der Waals surface area contributed by atoms with Crippen molar-refractivity contribution in [3.8, 4) is 0 Å². The summed E-state index contributed by atoms with van der Waals surface area (Å²) in [5.41, 5.74) is 6.52. The van der Waals surface area contributed by atoms with Crippen molar-refractivity contribution < 1.29 is 8.78 Å². The third-order valence-corrected chi connectivity index (χ3v) is 2.31. The number of benzene rings is 1. The second-order valence-corrected chi connectivity index (χ2v) is 3.46. The number of hydrogen-bond donors (Lipinski definition) is 1. The molecule has 14 heavy (non-hydrogen) atoms.